The van der Waals surface area contributed by atoms with Gasteiger partial charge >= 0.3 is 0 Å². The minimum Gasteiger partial charge on any atom is -0.340 e. The number of benzene rings is 2. The molecular weight excluding hydrogens is 364 g/mol. The van der Waals surface area contributed by atoms with Crippen LogP contribution in [0.25, 0.3) is 10.8 Å². The number of hydrogen-bond donors (Lipinski definition) is 1. The fourth-order valence-electron chi connectivity index (χ4n) is 3.60. The summed E-state index contributed by atoms with van der Waals surface area (Å²) in [5.41, 5.74) is 4.68. The molecule has 0 aliphatic rings. The van der Waals surface area contributed by atoms with E-state index in [9.17, 15) is 4.79 Å². The van der Waals surface area contributed by atoms with Crippen LogP contribution >= 0.6 is 0 Å². The zero-order chi connectivity index (χ0) is 20.4. The predicted octanol–water partition coefficient (Wildman–Crippen LogP) is 3.13. The SMILES string of the molecule is Cc1n[nH]c(C)c1CCN(C)C(=O)c1cn(Cc2cccc3ccccc23)nn1. The maximum Gasteiger partial charge on any atom is 0.275 e. The van der Waals surface area contributed by atoms with Gasteiger partial charge in [0.25, 0.3) is 5.91 Å². The van der Waals surface area contributed by atoms with Crippen LogP contribution in [-0.4, -0.2) is 49.6 Å². The van der Waals surface area contributed by atoms with Crippen molar-refractivity contribution in [3.05, 3.63) is 76.9 Å². The lowest BCUT2D eigenvalue weighted by Crippen LogP contribution is -2.29. The number of nitrogens with zero attached hydrogens (tertiary/aromatic N) is 5. The Hall–Kier alpha value is -3.48. The third-order valence-corrected chi connectivity index (χ3v) is 5.29. The molecule has 2 heterocycles. The van der Waals surface area contributed by atoms with Crippen LogP contribution in [0.5, 0.6) is 0 Å². The Morgan fingerprint density at radius 2 is 1.93 bits per heavy atom. The van der Waals surface area contributed by atoms with Gasteiger partial charge in [0.05, 0.1) is 18.4 Å². The highest BCUT2D eigenvalue weighted by Crippen LogP contribution is 2.19. The van der Waals surface area contributed by atoms with E-state index < -0.39 is 0 Å². The Balaban J connectivity index is 1.44. The molecule has 0 fully saturated rings. The molecule has 4 aromatic rings. The third-order valence-electron chi connectivity index (χ3n) is 5.29. The summed E-state index contributed by atoms with van der Waals surface area (Å²) in [6, 6.07) is 14.4. The first-order chi connectivity index (χ1) is 14.0. The van der Waals surface area contributed by atoms with Crippen LogP contribution in [0.2, 0.25) is 0 Å². The lowest BCUT2D eigenvalue weighted by Gasteiger charge is -2.15. The summed E-state index contributed by atoms with van der Waals surface area (Å²) in [5, 5.41) is 17.8. The Bertz CT molecular complexity index is 1130. The number of amides is 1. The van der Waals surface area contributed by atoms with Crippen LogP contribution in [-0.2, 0) is 13.0 Å². The lowest BCUT2D eigenvalue weighted by atomic mass is 10.0. The van der Waals surface area contributed by atoms with Crippen LogP contribution in [0, 0.1) is 13.8 Å². The summed E-state index contributed by atoms with van der Waals surface area (Å²) in [5.74, 6) is -0.132. The van der Waals surface area contributed by atoms with Crippen molar-refractivity contribution in [3.63, 3.8) is 0 Å². The maximum absolute atomic E-state index is 12.7. The summed E-state index contributed by atoms with van der Waals surface area (Å²) in [7, 11) is 1.79. The molecule has 2 aromatic carbocycles. The molecule has 0 aliphatic carbocycles. The van der Waals surface area contributed by atoms with Crippen LogP contribution in [0.4, 0.5) is 0 Å². The standard InChI is InChI=1S/C22H24N6O/c1-15-19(16(2)24-23-15)11-12-27(3)22(29)21-14-28(26-25-21)13-18-9-6-8-17-7-4-5-10-20(17)18/h4-10,14H,11-13H2,1-3H3,(H,23,24). The van der Waals surface area contributed by atoms with Crippen molar-refractivity contribution in [2.45, 2.75) is 26.8 Å². The highest BCUT2D eigenvalue weighted by atomic mass is 16.2. The van der Waals surface area contributed by atoms with Crippen LogP contribution < -0.4 is 0 Å². The van der Waals surface area contributed by atoms with Gasteiger partial charge in [-0.15, -0.1) is 5.10 Å². The normalized spacial score (nSPS) is 11.1. The Morgan fingerprint density at radius 1 is 1.14 bits per heavy atom. The summed E-state index contributed by atoms with van der Waals surface area (Å²) in [6.07, 6.45) is 2.47. The van der Waals surface area contributed by atoms with Gasteiger partial charge in [-0.25, -0.2) is 4.68 Å². The molecule has 4 rings (SSSR count). The third kappa shape index (κ3) is 3.89. The smallest absolute Gasteiger partial charge is 0.275 e. The Kier molecular flexibility index (Phi) is 5.12. The molecule has 7 heteroatoms. The average molecular weight is 388 g/mol. The highest BCUT2D eigenvalue weighted by Gasteiger charge is 2.17. The van der Waals surface area contributed by atoms with Crippen molar-refractivity contribution < 1.29 is 4.79 Å². The van der Waals surface area contributed by atoms with Crippen molar-refractivity contribution >= 4 is 16.7 Å². The number of carbonyl (C=O) groups excluding carboxylic acids is 1. The van der Waals surface area contributed by atoms with Gasteiger partial charge in [-0.1, -0.05) is 47.7 Å². The van der Waals surface area contributed by atoms with Crippen LogP contribution in [0.3, 0.4) is 0 Å². The zero-order valence-corrected chi connectivity index (χ0v) is 16.9. The van der Waals surface area contributed by atoms with Crippen molar-refractivity contribution in [2.75, 3.05) is 13.6 Å². The van der Waals surface area contributed by atoms with E-state index in [0.717, 1.165) is 28.9 Å². The molecule has 0 bridgehead atoms. The highest BCUT2D eigenvalue weighted by molar-refractivity contribution is 5.91. The number of aryl methyl sites for hydroxylation is 2. The van der Waals surface area contributed by atoms with E-state index in [4.69, 9.17) is 0 Å². The number of fused-ring (bicyclic) bond motifs is 1. The molecular formula is C22H24N6O. The van der Waals surface area contributed by atoms with Gasteiger partial charge in [-0.3, -0.25) is 9.89 Å². The number of nitrogens with one attached hydrogen (secondary N) is 1. The molecule has 0 unspecified atom stereocenters. The molecule has 29 heavy (non-hydrogen) atoms. The molecule has 0 saturated heterocycles. The van der Waals surface area contributed by atoms with Crippen molar-refractivity contribution in [3.8, 4) is 0 Å². The molecule has 7 nitrogen and oxygen atoms in total. The van der Waals surface area contributed by atoms with E-state index in [2.05, 4.69) is 44.8 Å². The number of likely N-dealkylation sites (N-methyl/N-ethyl adjacent to an activating group) is 1. The van der Waals surface area contributed by atoms with Gasteiger partial charge in [-0.2, -0.15) is 5.10 Å². The van der Waals surface area contributed by atoms with Crippen molar-refractivity contribution in [1.29, 1.82) is 0 Å². The molecule has 1 amide bonds. The fourth-order valence-corrected chi connectivity index (χ4v) is 3.60. The average Bonchev–Trinajstić information content (AvgIpc) is 3.32. The second-order valence-electron chi connectivity index (χ2n) is 7.33. The first-order valence-corrected chi connectivity index (χ1v) is 9.65. The van der Waals surface area contributed by atoms with Crippen molar-refractivity contribution in [1.82, 2.24) is 30.1 Å². The van der Waals surface area contributed by atoms with Gasteiger partial charge < -0.3 is 4.90 Å². The van der Waals surface area contributed by atoms with E-state index in [-0.39, 0.29) is 5.91 Å². The molecule has 1 N–H and O–H groups in total. The largest absolute Gasteiger partial charge is 0.340 e. The first kappa shape index (κ1) is 18.9. The van der Waals surface area contributed by atoms with Crippen molar-refractivity contribution in [2.24, 2.45) is 0 Å². The van der Waals surface area contributed by atoms with E-state index >= 15 is 0 Å². The summed E-state index contributed by atoms with van der Waals surface area (Å²) >= 11 is 0. The van der Waals surface area contributed by atoms with Crippen LogP contribution in [0.1, 0.15) is 33.0 Å². The van der Waals surface area contributed by atoms with E-state index in [1.165, 1.54) is 10.8 Å². The topological polar surface area (TPSA) is 79.7 Å². The zero-order valence-electron chi connectivity index (χ0n) is 16.9. The molecule has 2 aromatic heterocycles. The summed E-state index contributed by atoms with van der Waals surface area (Å²) in [6.45, 7) is 5.13. The second kappa shape index (κ2) is 7.87. The number of aromatic nitrogens is 5. The van der Waals surface area contributed by atoms with Crippen LogP contribution in [0.15, 0.2) is 48.7 Å². The predicted molar refractivity (Wildman–Crippen MR) is 112 cm³/mol. The molecule has 0 spiro atoms. The Morgan fingerprint density at radius 3 is 2.72 bits per heavy atom. The molecule has 0 aliphatic heterocycles. The fraction of sp³-hybridized carbons (Fsp3) is 0.273. The van der Waals surface area contributed by atoms with Gasteiger partial charge in [0.1, 0.15) is 0 Å². The van der Waals surface area contributed by atoms with E-state index in [1.807, 2.05) is 32.0 Å². The lowest BCUT2D eigenvalue weighted by molar-refractivity contribution is 0.0790. The quantitative estimate of drug-likeness (QED) is 0.550. The van der Waals surface area contributed by atoms with Gasteiger partial charge in [0.15, 0.2) is 5.69 Å². The molecule has 148 valence electrons. The summed E-state index contributed by atoms with van der Waals surface area (Å²) in [4.78, 5) is 14.4. The van der Waals surface area contributed by atoms with Gasteiger partial charge in [-0.05, 0) is 42.2 Å². The molecule has 0 atom stereocenters. The number of hydrogen-bond acceptors (Lipinski definition) is 4. The minimum atomic E-state index is -0.132. The summed E-state index contributed by atoms with van der Waals surface area (Å²) < 4.78 is 1.72. The monoisotopic (exact) mass is 388 g/mol. The number of H-pyrrole nitrogens is 1. The Labute approximate surface area is 169 Å². The second-order valence-corrected chi connectivity index (χ2v) is 7.33. The van der Waals surface area contributed by atoms with Gasteiger partial charge in [0.2, 0.25) is 0 Å². The minimum absolute atomic E-state index is 0.132. The first-order valence-electron chi connectivity index (χ1n) is 9.65. The number of aromatic amines is 1. The maximum atomic E-state index is 12.7. The number of carbonyl (C=O) groups is 1. The molecule has 0 saturated carbocycles. The molecule has 0 radical (unpaired) electrons. The number of rotatable bonds is 6. The van der Waals surface area contributed by atoms with E-state index in [1.54, 1.807) is 22.8 Å². The van der Waals surface area contributed by atoms with Gasteiger partial charge in [0, 0.05) is 19.3 Å². The van der Waals surface area contributed by atoms with E-state index in [0.29, 0.717) is 18.8 Å².